The van der Waals surface area contributed by atoms with Crippen LogP contribution in [0.2, 0.25) is 0 Å². The molecular weight excluding hydrogens is 270 g/mol. The predicted octanol–water partition coefficient (Wildman–Crippen LogP) is 1.65. The average molecular weight is 287 g/mol. The number of rotatable bonds is 5. The highest BCUT2D eigenvalue weighted by molar-refractivity contribution is 5.95. The van der Waals surface area contributed by atoms with Crippen LogP contribution in [0.5, 0.6) is 0 Å². The van der Waals surface area contributed by atoms with Gasteiger partial charge in [-0.05, 0) is 18.6 Å². The lowest BCUT2D eigenvalue weighted by molar-refractivity contribution is -0.141. The fraction of sp³-hybridized carbons (Fsp3) is 0.333. The number of fused-ring (bicyclic) bond motifs is 1. The summed E-state index contributed by atoms with van der Waals surface area (Å²) in [5.74, 6) is -0.772. The van der Waals surface area contributed by atoms with Gasteiger partial charge in [-0.25, -0.2) is 4.98 Å². The van der Waals surface area contributed by atoms with Crippen LogP contribution in [-0.2, 0) is 9.53 Å². The number of hydrogen-bond acceptors (Lipinski definition) is 5. The Balaban J connectivity index is 2.27. The lowest BCUT2D eigenvalue weighted by atomic mass is 10.2. The molecule has 0 saturated carbocycles. The summed E-state index contributed by atoms with van der Waals surface area (Å²) in [5, 5.41) is 0. The summed E-state index contributed by atoms with van der Waals surface area (Å²) in [6.45, 7) is 2.31. The van der Waals surface area contributed by atoms with E-state index in [1.807, 2.05) is 25.1 Å². The molecule has 6 heteroatoms. The molecule has 6 nitrogen and oxygen atoms in total. The normalized spacial score (nSPS) is 10.4. The lowest BCUT2D eigenvalue weighted by Gasteiger charge is -2.20. The second-order valence-electron chi connectivity index (χ2n) is 4.55. The summed E-state index contributed by atoms with van der Waals surface area (Å²) >= 11 is 0. The molecule has 0 aliphatic heterocycles. The van der Waals surface area contributed by atoms with Crippen molar-refractivity contribution in [2.45, 2.75) is 13.3 Å². The van der Waals surface area contributed by atoms with Crippen molar-refractivity contribution in [3.05, 3.63) is 36.2 Å². The van der Waals surface area contributed by atoms with Crippen LogP contribution >= 0.6 is 0 Å². The highest BCUT2D eigenvalue weighted by Gasteiger charge is 2.20. The third-order valence-corrected chi connectivity index (χ3v) is 3.00. The maximum atomic E-state index is 12.4. The van der Waals surface area contributed by atoms with Crippen molar-refractivity contribution in [3.63, 3.8) is 0 Å². The molecule has 1 aromatic heterocycles. The van der Waals surface area contributed by atoms with Gasteiger partial charge < -0.3 is 9.64 Å². The van der Waals surface area contributed by atoms with Crippen LogP contribution in [0.25, 0.3) is 11.0 Å². The number of aromatic nitrogens is 2. The number of benzene rings is 1. The smallest absolute Gasteiger partial charge is 0.325 e. The van der Waals surface area contributed by atoms with Gasteiger partial charge in [0.25, 0.3) is 5.91 Å². The topological polar surface area (TPSA) is 72.4 Å². The Labute approximate surface area is 122 Å². The van der Waals surface area contributed by atoms with E-state index in [4.69, 9.17) is 0 Å². The maximum absolute atomic E-state index is 12.4. The minimum Gasteiger partial charge on any atom is -0.468 e. The first-order valence-corrected chi connectivity index (χ1v) is 6.73. The summed E-state index contributed by atoms with van der Waals surface area (Å²) in [6.07, 6.45) is 2.17. The molecule has 2 aromatic rings. The quantitative estimate of drug-likeness (QED) is 0.782. The zero-order chi connectivity index (χ0) is 15.2. The molecule has 1 aromatic carbocycles. The predicted molar refractivity (Wildman–Crippen MR) is 77.7 cm³/mol. The number of carbonyl (C=O) groups is 2. The van der Waals surface area contributed by atoms with Crippen molar-refractivity contribution in [1.82, 2.24) is 14.9 Å². The molecule has 0 N–H and O–H groups in total. The molecule has 0 atom stereocenters. The zero-order valence-corrected chi connectivity index (χ0v) is 12.1. The Kier molecular flexibility index (Phi) is 4.81. The van der Waals surface area contributed by atoms with Gasteiger partial charge in [0.15, 0.2) is 0 Å². The molecule has 0 unspecified atom stereocenters. The van der Waals surface area contributed by atoms with Crippen molar-refractivity contribution in [1.29, 1.82) is 0 Å². The summed E-state index contributed by atoms with van der Waals surface area (Å²) in [5.41, 5.74) is 1.60. The molecule has 0 radical (unpaired) electrons. The number of esters is 1. The SMILES string of the molecule is CCCN(CC(=O)OC)C(=O)c1cnc2ccccc2n1. The second kappa shape index (κ2) is 6.78. The third-order valence-electron chi connectivity index (χ3n) is 3.00. The zero-order valence-electron chi connectivity index (χ0n) is 12.1. The van der Waals surface area contributed by atoms with Gasteiger partial charge in [-0.2, -0.15) is 0 Å². The number of nitrogens with zero attached hydrogens (tertiary/aromatic N) is 3. The third kappa shape index (κ3) is 3.53. The van der Waals surface area contributed by atoms with Gasteiger partial charge >= 0.3 is 5.97 Å². The Morgan fingerprint density at radius 3 is 2.62 bits per heavy atom. The number of para-hydroxylation sites is 2. The molecule has 2 rings (SSSR count). The van der Waals surface area contributed by atoms with Gasteiger partial charge in [0.1, 0.15) is 12.2 Å². The first-order valence-electron chi connectivity index (χ1n) is 6.73. The molecule has 21 heavy (non-hydrogen) atoms. The van der Waals surface area contributed by atoms with Gasteiger partial charge in [-0.1, -0.05) is 19.1 Å². The van der Waals surface area contributed by atoms with E-state index in [0.29, 0.717) is 12.1 Å². The summed E-state index contributed by atoms with van der Waals surface area (Å²) < 4.78 is 4.61. The molecule has 0 bridgehead atoms. The standard InChI is InChI=1S/C15H17N3O3/c1-3-8-18(10-14(19)21-2)15(20)13-9-16-11-6-4-5-7-12(11)17-13/h4-7,9H,3,8,10H2,1-2H3. The molecule has 0 aliphatic rings. The highest BCUT2D eigenvalue weighted by atomic mass is 16.5. The molecular formula is C15H17N3O3. The van der Waals surface area contributed by atoms with Gasteiger partial charge in [-0.15, -0.1) is 0 Å². The average Bonchev–Trinajstić information content (AvgIpc) is 2.53. The number of carbonyl (C=O) groups excluding carboxylic acids is 2. The van der Waals surface area contributed by atoms with Gasteiger partial charge in [0.2, 0.25) is 0 Å². The summed E-state index contributed by atoms with van der Waals surface area (Å²) in [4.78, 5) is 33.8. The van der Waals surface area contributed by atoms with Crippen molar-refractivity contribution >= 4 is 22.9 Å². The first kappa shape index (κ1) is 14.9. The van der Waals surface area contributed by atoms with Crippen molar-refractivity contribution in [2.24, 2.45) is 0 Å². The van der Waals surface area contributed by atoms with Crippen LogP contribution in [0, 0.1) is 0 Å². The van der Waals surface area contributed by atoms with Crippen LogP contribution in [0.15, 0.2) is 30.5 Å². The van der Waals surface area contributed by atoms with E-state index in [0.717, 1.165) is 11.9 Å². The van der Waals surface area contributed by atoms with Crippen molar-refractivity contribution in [2.75, 3.05) is 20.2 Å². The Morgan fingerprint density at radius 1 is 1.24 bits per heavy atom. The number of methoxy groups -OCH3 is 1. The Morgan fingerprint density at radius 2 is 1.95 bits per heavy atom. The molecule has 0 fully saturated rings. The molecule has 1 amide bonds. The molecule has 0 saturated heterocycles. The van der Waals surface area contributed by atoms with E-state index in [1.54, 1.807) is 6.07 Å². The summed E-state index contributed by atoms with van der Waals surface area (Å²) in [7, 11) is 1.30. The molecule has 110 valence electrons. The minimum atomic E-state index is -0.453. The first-order chi connectivity index (χ1) is 10.2. The fourth-order valence-electron chi connectivity index (χ4n) is 1.96. The highest BCUT2D eigenvalue weighted by Crippen LogP contribution is 2.10. The summed E-state index contributed by atoms with van der Waals surface area (Å²) in [6, 6.07) is 7.32. The van der Waals surface area contributed by atoms with Crippen LogP contribution in [0.1, 0.15) is 23.8 Å². The van der Waals surface area contributed by atoms with Crippen LogP contribution in [0.3, 0.4) is 0 Å². The molecule has 1 heterocycles. The number of hydrogen-bond donors (Lipinski definition) is 0. The minimum absolute atomic E-state index is 0.0856. The number of ether oxygens (including phenoxy) is 1. The van der Waals surface area contributed by atoms with Gasteiger partial charge in [0, 0.05) is 6.54 Å². The van der Waals surface area contributed by atoms with E-state index < -0.39 is 5.97 Å². The largest absolute Gasteiger partial charge is 0.468 e. The van der Waals surface area contributed by atoms with Crippen LogP contribution in [0.4, 0.5) is 0 Å². The van der Waals surface area contributed by atoms with E-state index in [-0.39, 0.29) is 18.1 Å². The Bertz CT molecular complexity index is 657. The maximum Gasteiger partial charge on any atom is 0.325 e. The van der Waals surface area contributed by atoms with E-state index >= 15 is 0 Å². The van der Waals surface area contributed by atoms with Crippen LogP contribution in [-0.4, -0.2) is 46.9 Å². The fourth-order valence-corrected chi connectivity index (χ4v) is 1.96. The van der Waals surface area contributed by atoms with Gasteiger partial charge in [-0.3, -0.25) is 14.6 Å². The van der Waals surface area contributed by atoms with E-state index in [9.17, 15) is 9.59 Å². The Hall–Kier alpha value is -2.50. The molecule has 0 spiro atoms. The van der Waals surface area contributed by atoms with E-state index in [2.05, 4.69) is 14.7 Å². The van der Waals surface area contributed by atoms with Gasteiger partial charge in [0.05, 0.1) is 24.3 Å². The lowest BCUT2D eigenvalue weighted by Crippen LogP contribution is -2.37. The molecule has 0 aliphatic carbocycles. The van der Waals surface area contributed by atoms with Crippen LogP contribution < -0.4 is 0 Å². The van der Waals surface area contributed by atoms with Crippen molar-refractivity contribution < 1.29 is 14.3 Å². The number of amides is 1. The van der Waals surface area contributed by atoms with E-state index in [1.165, 1.54) is 18.2 Å². The van der Waals surface area contributed by atoms with Crippen molar-refractivity contribution in [3.8, 4) is 0 Å². The second-order valence-corrected chi connectivity index (χ2v) is 4.55. The monoisotopic (exact) mass is 287 g/mol.